The zero-order chi connectivity index (χ0) is 10.4. The van der Waals surface area contributed by atoms with E-state index in [9.17, 15) is 0 Å². The summed E-state index contributed by atoms with van der Waals surface area (Å²) in [7, 11) is 0. The number of amidine groups is 1. The lowest BCUT2D eigenvalue weighted by atomic mass is 10.3. The quantitative estimate of drug-likeness (QED) is 0.650. The van der Waals surface area contributed by atoms with Crippen molar-refractivity contribution in [3.8, 4) is 0 Å². The summed E-state index contributed by atoms with van der Waals surface area (Å²) in [6.07, 6.45) is 2.97. The minimum absolute atomic E-state index is 0.781. The van der Waals surface area contributed by atoms with Crippen LogP contribution in [0.5, 0.6) is 0 Å². The Morgan fingerprint density at radius 2 is 2.36 bits per heavy atom. The molecular weight excluding hydrogens is 260 g/mol. The Morgan fingerprint density at radius 1 is 1.57 bits per heavy atom. The number of rotatable bonds is 5. The Labute approximate surface area is 97.4 Å². The first-order valence-corrected chi connectivity index (χ1v) is 6.36. The molecule has 0 bridgehead atoms. The van der Waals surface area contributed by atoms with Crippen LogP contribution in [0.25, 0.3) is 0 Å². The maximum absolute atomic E-state index is 5.70. The Morgan fingerprint density at radius 3 is 2.93 bits per heavy atom. The second-order valence-electron chi connectivity index (χ2n) is 3.08. The minimum Gasteiger partial charge on any atom is -0.387 e. The van der Waals surface area contributed by atoms with E-state index >= 15 is 0 Å². The van der Waals surface area contributed by atoms with Gasteiger partial charge < -0.3 is 5.73 Å². The lowest BCUT2D eigenvalue weighted by molar-refractivity contribution is 0.935. The minimum atomic E-state index is 0.781. The number of hydrogen-bond acceptors (Lipinski definition) is 2. The van der Waals surface area contributed by atoms with Gasteiger partial charge in [0.1, 0.15) is 0 Å². The molecule has 1 aromatic rings. The highest BCUT2D eigenvalue weighted by Crippen LogP contribution is 2.22. The van der Waals surface area contributed by atoms with Gasteiger partial charge in [-0.2, -0.15) is 0 Å². The van der Waals surface area contributed by atoms with Crippen molar-refractivity contribution >= 4 is 33.1 Å². The molecule has 2 nitrogen and oxygen atoms in total. The maximum atomic E-state index is 5.70. The van der Waals surface area contributed by atoms with Crippen LogP contribution in [0.15, 0.2) is 20.9 Å². The molecule has 2 N–H and O–H groups in total. The molecule has 0 aliphatic carbocycles. The highest BCUT2D eigenvalue weighted by Gasteiger charge is 1.96. The summed E-state index contributed by atoms with van der Waals surface area (Å²) in [5.41, 5.74) is 5.70. The van der Waals surface area contributed by atoms with Crippen LogP contribution in [0.3, 0.4) is 0 Å². The average Bonchev–Trinajstić information content (AvgIpc) is 2.52. The van der Waals surface area contributed by atoms with Gasteiger partial charge in [-0.25, -0.2) is 0 Å². The number of aliphatic imine (C=N–C) groups is 1. The van der Waals surface area contributed by atoms with Crippen LogP contribution < -0.4 is 5.73 Å². The van der Waals surface area contributed by atoms with E-state index in [4.69, 9.17) is 5.73 Å². The number of nitrogens with two attached hydrogens (primary N) is 1. The summed E-state index contributed by atoms with van der Waals surface area (Å²) in [6, 6.07) is 4.19. The van der Waals surface area contributed by atoms with E-state index < -0.39 is 0 Å². The van der Waals surface area contributed by atoms with Crippen LogP contribution >= 0.6 is 27.3 Å². The number of hydrogen-bond donors (Lipinski definition) is 1. The van der Waals surface area contributed by atoms with E-state index in [1.165, 1.54) is 8.66 Å². The van der Waals surface area contributed by atoms with E-state index in [2.05, 4.69) is 40.0 Å². The molecule has 1 aromatic heterocycles. The van der Waals surface area contributed by atoms with Crippen molar-refractivity contribution in [3.63, 3.8) is 0 Å². The molecule has 0 fully saturated rings. The average molecular weight is 275 g/mol. The monoisotopic (exact) mass is 274 g/mol. The van der Waals surface area contributed by atoms with Crippen LogP contribution in [-0.2, 0) is 6.42 Å². The van der Waals surface area contributed by atoms with E-state index in [1.54, 1.807) is 11.3 Å². The van der Waals surface area contributed by atoms with Crippen molar-refractivity contribution in [3.05, 3.63) is 20.8 Å². The molecule has 0 saturated heterocycles. The lowest BCUT2D eigenvalue weighted by Crippen LogP contribution is -2.11. The molecule has 0 atom stereocenters. The van der Waals surface area contributed by atoms with Crippen LogP contribution in [0.1, 0.15) is 24.6 Å². The number of thiophene rings is 1. The van der Waals surface area contributed by atoms with Gasteiger partial charge in [0.05, 0.1) is 9.62 Å². The fourth-order valence-corrected chi connectivity index (χ4v) is 2.60. The fourth-order valence-electron chi connectivity index (χ4n) is 1.13. The van der Waals surface area contributed by atoms with Gasteiger partial charge in [0.2, 0.25) is 0 Å². The molecule has 1 heterocycles. The molecule has 1 rings (SSSR count). The van der Waals surface area contributed by atoms with Gasteiger partial charge in [-0.15, -0.1) is 11.3 Å². The molecule has 0 spiro atoms. The number of nitrogens with zero attached hydrogens (tertiary/aromatic N) is 1. The molecule has 78 valence electrons. The molecule has 4 heteroatoms. The smallest absolute Gasteiger partial charge is 0.0937 e. The van der Waals surface area contributed by atoms with Crippen molar-refractivity contribution in [2.75, 3.05) is 6.54 Å². The molecule has 0 aromatic carbocycles. The van der Waals surface area contributed by atoms with Gasteiger partial charge in [0.15, 0.2) is 0 Å². The summed E-state index contributed by atoms with van der Waals surface area (Å²) < 4.78 is 1.18. The van der Waals surface area contributed by atoms with Gasteiger partial charge in [-0.3, -0.25) is 4.99 Å². The fraction of sp³-hybridized carbons (Fsp3) is 0.500. The Hall–Kier alpha value is -0.350. The summed E-state index contributed by atoms with van der Waals surface area (Å²) in [5, 5.41) is 0. The Balaban J connectivity index is 2.31. The molecule has 0 aliphatic rings. The van der Waals surface area contributed by atoms with Crippen LogP contribution in [0, 0.1) is 0 Å². The first kappa shape index (κ1) is 11.7. The van der Waals surface area contributed by atoms with Crippen molar-refractivity contribution < 1.29 is 0 Å². The molecule has 0 amide bonds. The summed E-state index contributed by atoms with van der Waals surface area (Å²) in [4.78, 5) is 5.66. The van der Waals surface area contributed by atoms with Crippen LogP contribution in [0.4, 0.5) is 0 Å². The first-order valence-electron chi connectivity index (χ1n) is 4.75. The maximum Gasteiger partial charge on any atom is 0.0937 e. The first-order chi connectivity index (χ1) is 6.72. The Kier molecular flexibility index (Phi) is 5.19. The highest BCUT2D eigenvalue weighted by atomic mass is 79.9. The van der Waals surface area contributed by atoms with Gasteiger partial charge in [0, 0.05) is 24.3 Å². The zero-order valence-electron chi connectivity index (χ0n) is 8.29. The molecule has 0 radical (unpaired) electrons. The Bertz CT molecular complexity index is 307. The van der Waals surface area contributed by atoms with E-state index in [0.29, 0.717) is 0 Å². The van der Waals surface area contributed by atoms with Gasteiger partial charge in [0.25, 0.3) is 0 Å². The topological polar surface area (TPSA) is 38.4 Å². The molecule has 0 unspecified atom stereocenters. The molecule has 14 heavy (non-hydrogen) atoms. The lowest BCUT2D eigenvalue weighted by Gasteiger charge is -1.97. The van der Waals surface area contributed by atoms with Gasteiger partial charge in [-0.1, -0.05) is 6.92 Å². The normalized spacial score (nSPS) is 12.0. The largest absolute Gasteiger partial charge is 0.387 e. The molecule has 0 saturated carbocycles. The second-order valence-corrected chi connectivity index (χ2v) is 5.63. The van der Waals surface area contributed by atoms with Crippen molar-refractivity contribution in [1.29, 1.82) is 0 Å². The SMILES string of the molecule is CCCC(N)=NCCc1ccc(Br)s1. The zero-order valence-corrected chi connectivity index (χ0v) is 10.7. The summed E-state index contributed by atoms with van der Waals surface area (Å²) >= 11 is 5.20. The standard InChI is InChI=1S/C10H15BrN2S/c1-2-3-10(12)13-7-6-8-4-5-9(11)14-8/h4-5H,2-3,6-7H2,1H3,(H2,12,13). The molecule has 0 aliphatic heterocycles. The van der Waals surface area contributed by atoms with Crippen molar-refractivity contribution in [2.24, 2.45) is 10.7 Å². The third kappa shape index (κ3) is 4.24. The summed E-state index contributed by atoms with van der Waals surface area (Å²) in [6.45, 7) is 2.91. The predicted octanol–water partition coefficient (Wildman–Crippen LogP) is 3.21. The van der Waals surface area contributed by atoms with E-state index in [1.807, 2.05) is 0 Å². The third-order valence-electron chi connectivity index (χ3n) is 1.81. The van der Waals surface area contributed by atoms with Crippen LogP contribution in [0.2, 0.25) is 0 Å². The van der Waals surface area contributed by atoms with Gasteiger partial charge in [-0.05, 0) is 34.5 Å². The third-order valence-corrected chi connectivity index (χ3v) is 3.49. The van der Waals surface area contributed by atoms with Crippen molar-refractivity contribution in [1.82, 2.24) is 0 Å². The highest BCUT2D eigenvalue weighted by molar-refractivity contribution is 9.11. The summed E-state index contributed by atoms with van der Waals surface area (Å²) in [5.74, 6) is 0.781. The van der Waals surface area contributed by atoms with E-state index in [-0.39, 0.29) is 0 Å². The van der Waals surface area contributed by atoms with Crippen LogP contribution in [-0.4, -0.2) is 12.4 Å². The van der Waals surface area contributed by atoms with Crippen molar-refractivity contribution in [2.45, 2.75) is 26.2 Å². The predicted molar refractivity (Wildman–Crippen MR) is 67.1 cm³/mol. The van der Waals surface area contributed by atoms with Gasteiger partial charge >= 0.3 is 0 Å². The molecular formula is C10H15BrN2S. The number of halogens is 1. The van der Waals surface area contributed by atoms with E-state index in [0.717, 1.165) is 31.6 Å². The second kappa shape index (κ2) is 6.19.